The van der Waals surface area contributed by atoms with Gasteiger partial charge in [0.1, 0.15) is 19.3 Å². The first kappa shape index (κ1) is 98.1. The van der Waals surface area contributed by atoms with Gasteiger partial charge < -0.3 is 33.8 Å². The summed E-state index contributed by atoms with van der Waals surface area (Å²) in [6, 6.07) is 0. The zero-order chi connectivity index (χ0) is 73.4. The molecule has 0 heterocycles. The molecule has 0 bridgehead atoms. The van der Waals surface area contributed by atoms with Gasteiger partial charge in [-0.05, 0) is 31.6 Å². The predicted octanol–water partition coefficient (Wildman–Crippen LogP) is 24.4. The van der Waals surface area contributed by atoms with Crippen LogP contribution >= 0.6 is 15.6 Å². The van der Waals surface area contributed by atoms with Crippen molar-refractivity contribution in [3.05, 3.63) is 0 Å². The van der Waals surface area contributed by atoms with Crippen molar-refractivity contribution in [1.82, 2.24) is 0 Å². The highest BCUT2D eigenvalue weighted by Gasteiger charge is 2.30. The number of phosphoric ester groups is 2. The van der Waals surface area contributed by atoms with Crippen molar-refractivity contribution in [3.8, 4) is 0 Å². The topological polar surface area (TPSA) is 237 Å². The summed E-state index contributed by atoms with van der Waals surface area (Å²) in [4.78, 5) is 73.0. The maximum absolute atomic E-state index is 13.1. The van der Waals surface area contributed by atoms with E-state index in [2.05, 4.69) is 34.6 Å². The monoisotopic (exact) mass is 1470 g/mol. The molecular formula is C81H158O17P2. The van der Waals surface area contributed by atoms with E-state index in [1.54, 1.807) is 0 Å². The summed E-state index contributed by atoms with van der Waals surface area (Å²) >= 11 is 0. The molecule has 3 unspecified atom stereocenters. The molecule has 6 atom stereocenters. The lowest BCUT2D eigenvalue weighted by atomic mass is 9.99. The van der Waals surface area contributed by atoms with E-state index >= 15 is 0 Å². The third kappa shape index (κ3) is 73.0. The fourth-order valence-corrected chi connectivity index (χ4v) is 14.1. The average molecular weight is 1470 g/mol. The van der Waals surface area contributed by atoms with E-state index in [1.165, 1.54) is 257 Å². The minimum atomic E-state index is -4.96. The molecule has 0 saturated carbocycles. The molecule has 0 spiro atoms. The van der Waals surface area contributed by atoms with Crippen LogP contribution in [0, 0.1) is 5.92 Å². The Hall–Kier alpha value is -1.94. The van der Waals surface area contributed by atoms with Crippen LogP contribution in [0.5, 0.6) is 0 Å². The van der Waals surface area contributed by atoms with Crippen LogP contribution in [-0.2, 0) is 65.4 Å². The number of phosphoric acid groups is 2. The SMILES string of the molecule is CCCCCCCCCCCCCCCCCCCCCC(=O)O[C@H](COC(=O)CCCCCCCCCCCCCCCCC(C)CC)COP(=O)(O)OC[C@@H](O)COP(=O)(O)OC[C@@H](COC(=O)CCCCCCCCCCCCC)OC(=O)CCCCCCCCCCCCCC. The van der Waals surface area contributed by atoms with E-state index in [1.807, 2.05) is 0 Å². The minimum absolute atomic E-state index is 0.108. The molecule has 19 heteroatoms. The third-order valence-corrected chi connectivity index (χ3v) is 21.3. The number of esters is 4. The number of carbonyl (C=O) groups is 4. The zero-order valence-electron chi connectivity index (χ0n) is 65.3. The van der Waals surface area contributed by atoms with E-state index in [0.717, 1.165) is 95.8 Å². The quantitative estimate of drug-likeness (QED) is 0.0222. The van der Waals surface area contributed by atoms with E-state index < -0.39 is 97.5 Å². The van der Waals surface area contributed by atoms with Crippen LogP contribution in [0.25, 0.3) is 0 Å². The average Bonchev–Trinajstić information content (AvgIpc) is 1.00. The second kappa shape index (κ2) is 73.9. The maximum Gasteiger partial charge on any atom is 0.472 e. The first-order valence-electron chi connectivity index (χ1n) is 42.2. The summed E-state index contributed by atoms with van der Waals surface area (Å²) in [6.07, 6.45) is 65.0. The van der Waals surface area contributed by atoms with Gasteiger partial charge in [0, 0.05) is 25.7 Å². The molecule has 0 aromatic carbocycles. The number of carbonyl (C=O) groups excluding carboxylic acids is 4. The van der Waals surface area contributed by atoms with Gasteiger partial charge in [-0.25, -0.2) is 9.13 Å². The van der Waals surface area contributed by atoms with Gasteiger partial charge in [-0.3, -0.25) is 37.3 Å². The van der Waals surface area contributed by atoms with E-state index in [4.69, 9.17) is 37.0 Å². The number of rotatable bonds is 81. The summed E-state index contributed by atoms with van der Waals surface area (Å²) in [5.41, 5.74) is 0. The second-order valence-electron chi connectivity index (χ2n) is 29.4. The molecule has 3 N–H and O–H groups in total. The number of ether oxygens (including phenoxy) is 4. The van der Waals surface area contributed by atoms with Gasteiger partial charge in [-0.1, -0.05) is 381 Å². The summed E-state index contributed by atoms with van der Waals surface area (Å²) in [5, 5.41) is 10.6. The summed E-state index contributed by atoms with van der Waals surface area (Å²) in [7, 11) is -9.92. The molecule has 0 fully saturated rings. The van der Waals surface area contributed by atoms with Crippen molar-refractivity contribution in [1.29, 1.82) is 0 Å². The Morgan fingerprint density at radius 2 is 0.480 bits per heavy atom. The molecule has 0 saturated heterocycles. The highest BCUT2D eigenvalue weighted by Crippen LogP contribution is 2.45. The smallest absolute Gasteiger partial charge is 0.462 e. The van der Waals surface area contributed by atoms with E-state index in [-0.39, 0.29) is 25.7 Å². The molecular weight excluding hydrogens is 1310 g/mol. The highest BCUT2D eigenvalue weighted by atomic mass is 31.2. The van der Waals surface area contributed by atoms with Crippen molar-refractivity contribution >= 4 is 39.5 Å². The van der Waals surface area contributed by atoms with Gasteiger partial charge in [0.2, 0.25) is 0 Å². The third-order valence-electron chi connectivity index (χ3n) is 19.4. The van der Waals surface area contributed by atoms with Gasteiger partial charge >= 0.3 is 39.5 Å². The van der Waals surface area contributed by atoms with Crippen LogP contribution in [0.2, 0.25) is 0 Å². The van der Waals surface area contributed by atoms with Crippen LogP contribution < -0.4 is 0 Å². The number of unbranched alkanes of at least 4 members (excludes halogenated alkanes) is 52. The molecule has 0 aliphatic carbocycles. The van der Waals surface area contributed by atoms with Gasteiger partial charge in [0.05, 0.1) is 26.4 Å². The normalized spacial score (nSPS) is 14.1. The van der Waals surface area contributed by atoms with Crippen LogP contribution in [0.3, 0.4) is 0 Å². The molecule has 0 aromatic heterocycles. The molecule has 0 rings (SSSR count). The Balaban J connectivity index is 5.23. The summed E-state index contributed by atoms with van der Waals surface area (Å²) in [5.74, 6) is -1.25. The fourth-order valence-electron chi connectivity index (χ4n) is 12.6. The van der Waals surface area contributed by atoms with Crippen LogP contribution in [0.1, 0.15) is 433 Å². The standard InChI is InChI=1S/C81H158O17P2/c1-6-10-13-16-19-22-25-27-28-29-30-31-32-37-42-47-52-57-62-67-81(86)98-77(71-92-79(84)65-60-55-50-45-41-36-34-33-35-39-43-48-53-58-63-74(5)9-4)73-96-100(89,90)94-69-75(82)68-93-99(87,88)95-72-76(70-91-78(83)64-59-54-49-44-38-24-21-18-15-12-8-3)97-80(85)66-61-56-51-46-40-26-23-20-17-14-11-7-2/h74-77,82H,6-73H2,1-5H3,(H,87,88)(H,89,90)/t74?,75-,76+,77+/m0/s1. The molecule has 0 radical (unpaired) electrons. The van der Waals surface area contributed by atoms with Gasteiger partial charge in [-0.15, -0.1) is 0 Å². The lowest BCUT2D eigenvalue weighted by Crippen LogP contribution is -2.30. The van der Waals surface area contributed by atoms with Crippen LogP contribution in [0.4, 0.5) is 0 Å². The largest absolute Gasteiger partial charge is 0.472 e. The summed E-state index contributed by atoms with van der Waals surface area (Å²) < 4.78 is 68.7. The lowest BCUT2D eigenvalue weighted by Gasteiger charge is -2.21. The lowest BCUT2D eigenvalue weighted by molar-refractivity contribution is -0.161. The number of hydrogen-bond acceptors (Lipinski definition) is 15. The molecule has 17 nitrogen and oxygen atoms in total. The van der Waals surface area contributed by atoms with Gasteiger partial charge in [0.25, 0.3) is 0 Å². The number of hydrogen-bond donors (Lipinski definition) is 3. The highest BCUT2D eigenvalue weighted by molar-refractivity contribution is 7.47. The van der Waals surface area contributed by atoms with Gasteiger partial charge in [0.15, 0.2) is 12.2 Å². The first-order chi connectivity index (χ1) is 48.6. The molecule has 0 amide bonds. The molecule has 100 heavy (non-hydrogen) atoms. The van der Waals surface area contributed by atoms with E-state index in [0.29, 0.717) is 25.7 Å². The number of aliphatic hydroxyl groups is 1. The van der Waals surface area contributed by atoms with Crippen LogP contribution in [-0.4, -0.2) is 96.7 Å². The van der Waals surface area contributed by atoms with Crippen molar-refractivity contribution in [2.75, 3.05) is 39.6 Å². The Morgan fingerprint density at radius 1 is 0.280 bits per heavy atom. The number of aliphatic hydroxyl groups excluding tert-OH is 1. The summed E-state index contributed by atoms with van der Waals surface area (Å²) in [6.45, 7) is 7.38. The van der Waals surface area contributed by atoms with Crippen molar-refractivity contribution in [2.45, 2.75) is 451 Å². The van der Waals surface area contributed by atoms with Crippen molar-refractivity contribution in [3.63, 3.8) is 0 Å². The van der Waals surface area contributed by atoms with Crippen molar-refractivity contribution in [2.24, 2.45) is 5.92 Å². The molecule has 0 aliphatic heterocycles. The molecule has 594 valence electrons. The predicted molar refractivity (Wildman–Crippen MR) is 409 cm³/mol. The fraction of sp³-hybridized carbons (Fsp3) is 0.951. The minimum Gasteiger partial charge on any atom is -0.462 e. The maximum atomic E-state index is 13.1. The Bertz CT molecular complexity index is 1910. The molecule has 0 aromatic rings. The zero-order valence-corrected chi connectivity index (χ0v) is 67.1. The van der Waals surface area contributed by atoms with Crippen LogP contribution in [0.15, 0.2) is 0 Å². The first-order valence-corrected chi connectivity index (χ1v) is 45.2. The molecule has 0 aliphatic rings. The second-order valence-corrected chi connectivity index (χ2v) is 32.3. The van der Waals surface area contributed by atoms with Crippen molar-refractivity contribution < 1.29 is 80.2 Å². The van der Waals surface area contributed by atoms with Gasteiger partial charge in [-0.2, -0.15) is 0 Å². The van der Waals surface area contributed by atoms with E-state index in [9.17, 15) is 43.2 Å². The Labute approximate surface area is 613 Å². The Morgan fingerprint density at radius 3 is 0.710 bits per heavy atom. The Kier molecular flexibility index (Phi) is 72.5.